The Kier molecular flexibility index (Phi) is 2.57. The lowest BCUT2D eigenvalue weighted by Gasteiger charge is -2.31. The van der Waals surface area contributed by atoms with Gasteiger partial charge in [-0.15, -0.1) is 0 Å². The van der Waals surface area contributed by atoms with Crippen LogP contribution in [-0.2, 0) is 0 Å². The third kappa shape index (κ3) is 1.92. The standard InChI is InChI=1S/C15H16N2/c16-13-10-15(11-6-2-1-3-7-11)17-14-9-5-4-8-12(13)14/h1-9,13,15,17H,10,16H2. The van der Waals surface area contributed by atoms with Crippen molar-refractivity contribution in [1.29, 1.82) is 0 Å². The highest BCUT2D eigenvalue weighted by Crippen LogP contribution is 2.37. The Morgan fingerprint density at radius 2 is 1.65 bits per heavy atom. The molecule has 2 unspecified atom stereocenters. The number of rotatable bonds is 1. The van der Waals surface area contributed by atoms with Crippen molar-refractivity contribution >= 4 is 5.69 Å². The number of nitrogens with two attached hydrogens (primary N) is 1. The summed E-state index contributed by atoms with van der Waals surface area (Å²) in [5.74, 6) is 0. The molecule has 0 aromatic heterocycles. The lowest BCUT2D eigenvalue weighted by molar-refractivity contribution is 0.561. The van der Waals surface area contributed by atoms with Crippen LogP contribution in [0.3, 0.4) is 0 Å². The summed E-state index contributed by atoms with van der Waals surface area (Å²) in [6, 6.07) is 19.2. The molecule has 3 rings (SSSR count). The van der Waals surface area contributed by atoms with E-state index in [0.29, 0.717) is 6.04 Å². The number of nitrogens with one attached hydrogen (secondary N) is 1. The minimum absolute atomic E-state index is 0.123. The molecule has 0 radical (unpaired) electrons. The fraction of sp³-hybridized carbons (Fsp3) is 0.200. The molecular formula is C15H16N2. The fourth-order valence-electron chi connectivity index (χ4n) is 2.48. The predicted octanol–water partition coefficient (Wildman–Crippen LogP) is 3.24. The average molecular weight is 224 g/mol. The highest BCUT2D eigenvalue weighted by molar-refractivity contribution is 5.56. The Morgan fingerprint density at radius 1 is 0.941 bits per heavy atom. The summed E-state index contributed by atoms with van der Waals surface area (Å²) in [5, 5.41) is 3.56. The first-order chi connectivity index (χ1) is 8.34. The van der Waals surface area contributed by atoms with Crippen LogP contribution in [0.1, 0.15) is 29.6 Å². The van der Waals surface area contributed by atoms with Crippen molar-refractivity contribution in [2.24, 2.45) is 5.73 Å². The van der Waals surface area contributed by atoms with Gasteiger partial charge in [-0.25, -0.2) is 0 Å². The van der Waals surface area contributed by atoms with E-state index in [2.05, 4.69) is 41.7 Å². The first-order valence-electron chi connectivity index (χ1n) is 6.00. The van der Waals surface area contributed by atoms with Gasteiger partial charge in [0.25, 0.3) is 0 Å². The van der Waals surface area contributed by atoms with Gasteiger partial charge in [0.1, 0.15) is 0 Å². The average Bonchev–Trinajstić information content (AvgIpc) is 2.40. The molecular weight excluding hydrogens is 208 g/mol. The van der Waals surface area contributed by atoms with Crippen molar-refractivity contribution < 1.29 is 0 Å². The third-order valence-corrected chi connectivity index (χ3v) is 3.38. The fourth-order valence-corrected chi connectivity index (χ4v) is 2.48. The van der Waals surface area contributed by atoms with E-state index in [-0.39, 0.29) is 6.04 Å². The second-order valence-electron chi connectivity index (χ2n) is 4.54. The molecule has 0 bridgehead atoms. The summed E-state index contributed by atoms with van der Waals surface area (Å²) in [4.78, 5) is 0. The Morgan fingerprint density at radius 3 is 2.47 bits per heavy atom. The molecule has 0 fully saturated rings. The van der Waals surface area contributed by atoms with E-state index in [1.807, 2.05) is 18.2 Å². The minimum atomic E-state index is 0.123. The third-order valence-electron chi connectivity index (χ3n) is 3.38. The topological polar surface area (TPSA) is 38.0 Å². The molecule has 2 aromatic carbocycles. The van der Waals surface area contributed by atoms with Crippen LogP contribution in [0.15, 0.2) is 54.6 Å². The van der Waals surface area contributed by atoms with E-state index < -0.39 is 0 Å². The molecule has 2 aromatic rings. The van der Waals surface area contributed by atoms with Crippen LogP contribution in [0, 0.1) is 0 Å². The molecule has 2 atom stereocenters. The summed E-state index contributed by atoms with van der Waals surface area (Å²) >= 11 is 0. The SMILES string of the molecule is NC1CC(c2ccccc2)Nc2ccccc21. The van der Waals surface area contributed by atoms with Crippen molar-refractivity contribution in [3.05, 3.63) is 65.7 Å². The van der Waals surface area contributed by atoms with E-state index >= 15 is 0 Å². The molecule has 86 valence electrons. The van der Waals surface area contributed by atoms with Crippen LogP contribution in [-0.4, -0.2) is 0 Å². The molecule has 0 amide bonds. The summed E-state index contributed by atoms with van der Waals surface area (Å²) in [5.41, 5.74) is 9.93. The lowest BCUT2D eigenvalue weighted by atomic mass is 9.90. The maximum atomic E-state index is 6.23. The summed E-state index contributed by atoms with van der Waals surface area (Å²) in [6.45, 7) is 0. The molecule has 0 saturated carbocycles. The second-order valence-corrected chi connectivity index (χ2v) is 4.54. The van der Waals surface area contributed by atoms with E-state index in [4.69, 9.17) is 5.73 Å². The van der Waals surface area contributed by atoms with Gasteiger partial charge >= 0.3 is 0 Å². The van der Waals surface area contributed by atoms with Crippen LogP contribution in [0.4, 0.5) is 5.69 Å². The number of benzene rings is 2. The van der Waals surface area contributed by atoms with Crippen LogP contribution in [0.25, 0.3) is 0 Å². The quantitative estimate of drug-likeness (QED) is 0.780. The van der Waals surface area contributed by atoms with Crippen molar-refractivity contribution in [2.45, 2.75) is 18.5 Å². The maximum Gasteiger partial charge on any atom is 0.0532 e. The predicted molar refractivity (Wildman–Crippen MR) is 70.8 cm³/mol. The molecule has 17 heavy (non-hydrogen) atoms. The van der Waals surface area contributed by atoms with Crippen molar-refractivity contribution in [3.8, 4) is 0 Å². The molecule has 3 N–H and O–H groups in total. The summed E-state index contributed by atoms with van der Waals surface area (Å²) in [6.07, 6.45) is 0.945. The van der Waals surface area contributed by atoms with Crippen LogP contribution >= 0.6 is 0 Å². The van der Waals surface area contributed by atoms with Gasteiger partial charge in [0.05, 0.1) is 6.04 Å². The number of hydrogen-bond donors (Lipinski definition) is 2. The van der Waals surface area contributed by atoms with E-state index in [0.717, 1.165) is 6.42 Å². The number of hydrogen-bond acceptors (Lipinski definition) is 2. The molecule has 0 aliphatic carbocycles. The van der Waals surface area contributed by atoms with Crippen molar-refractivity contribution in [3.63, 3.8) is 0 Å². The van der Waals surface area contributed by atoms with E-state index in [1.165, 1.54) is 16.8 Å². The van der Waals surface area contributed by atoms with Gasteiger partial charge in [-0.3, -0.25) is 0 Å². The number of anilines is 1. The number of para-hydroxylation sites is 1. The van der Waals surface area contributed by atoms with Gasteiger partial charge < -0.3 is 11.1 Å². The molecule has 2 nitrogen and oxygen atoms in total. The largest absolute Gasteiger partial charge is 0.378 e. The smallest absolute Gasteiger partial charge is 0.0532 e. The highest BCUT2D eigenvalue weighted by Gasteiger charge is 2.24. The first kappa shape index (κ1) is 10.4. The first-order valence-corrected chi connectivity index (χ1v) is 6.00. The van der Waals surface area contributed by atoms with Gasteiger partial charge in [0.15, 0.2) is 0 Å². The van der Waals surface area contributed by atoms with Crippen LogP contribution < -0.4 is 11.1 Å². The zero-order chi connectivity index (χ0) is 11.7. The second kappa shape index (κ2) is 4.22. The molecule has 1 heterocycles. The van der Waals surface area contributed by atoms with E-state index in [1.54, 1.807) is 0 Å². The van der Waals surface area contributed by atoms with Gasteiger partial charge in [0.2, 0.25) is 0 Å². The van der Waals surface area contributed by atoms with Crippen LogP contribution in [0.5, 0.6) is 0 Å². The van der Waals surface area contributed by atoms with E-state index in [9.17, 15) is 0 Å². The molecule has 0 saturated heterocycles. The van der Waals surface area contributed by atoms with Gasteiger partial charge in [-0.1, -0.05) is 48.5 Å². The number of fused-ring (bicyclic) bond motifs is 1. The van der Waals surface area contributed by atoms with Gasteiger partial charge in [0, 0.05) is 11.7 Å². The Labute approximate surface area is 101 Å². The monoisotopic (exact) mass is 224 g/mol. The Balaban J connectivity index is 1.94. The lowest BCUT2D eigenvalue weighted by Crippen LogP contribution is -2.25. The van der Waals surface area contributed by atoms with Crippen molar-refractivity contribution in [2.75, 3.05) is 5.32 Å². The maximum absolute atomic E-state index is 6.23. The molecule has 2 heteroatoms. The van der Waals surface area contributed by atoms with Gasteiger partial charge in [-0.2, -0.15) is 0 Å². The Hall–Kier alpha value is -1.80. The normalized spacial score (nSPS) is 22.6. The zero-order valence-electron chi connectivity index (χ0n) is 9.64. The molecule has 0 spiro atoms. The zero-order valence-corrected chi connectivity index (χ0v) is 9.64. The van der Waals surface area contributed by atoms with Crippen LogP contribution in [0.2, 0.25) is 0 Å². The summed E-state index contributed by atoms with van der Waals surface area (Å²) in [7, 11) is 0. The van der Waals surface area contributed by atoms with Crippen molar-refractivity contribution in [1.82, 2.24) is 0 Å². The summed E-state index contributed by atoms with van der Waals surface area (Å²) < 4.78 is 0. The molecule has 1 aliphatic heterocycles. The Bertz CT molecular complexity index is 507. The highest BCUT2D eigenvalue weighted by atomic mass is 15.0. The van der Waals surface area contributed by atoms with Gasteiger partial charge in [-0.05, 0) is 23.6 Å². The minimum Gasteiger partial charge on any atom is -0.378 e. The molecule has 1 aliphatic rings.